The molecule has 0 bridgehead atoms. The lowest BCUT2D eigenvalue weighted by atomic mass is 10.00. The molecule has 1 unspecified atom stereocenters. The summed E-state index contributed by atoms with van der Waals surface area (Å²) < 4.78 is 0. The van der Waals surface area contributed by atoms with Crippen LogP contribution in [-0.2, 0) is 17.6 Å². The van der Waals surface area contributed by atoms with E-state index >= 15 is 0 Å². The Balaban J connectivity index is 1.74. The van der Waals surface area contributed by atoms with Gasteiger partial charge >= 0.3 is 12.0 Å². The monoisotopic (exact) mass is 309 g/mol. The zero-order valence-corrected chi connectivity index (χ0v) is 12.8. The Labute approximate surface area is 127 Å². The topological polar surface area (TPSA) is 82.5 Å². The van der Waals surface area contributed by atoms with E-state index in [4.69, 9.17) is 0 Å². The van der Waals surface area contributed by atoms with Crippen LogP contribution in [0.2, 0.25) is 0 Å². The Hall–Kier alpha value is -1.63. The van der Waals surface area contributed by atoms with Crippen molar-refractivity contribution in [2.24, 2.45) is 0 Å². The highest BCUT2D eigenvalue weighted by molar-refractivity contribution is 7.15. The van der Waals surface area contributed by atoms with E-state index in [0.717, 1.165) is 25.0 Å². The van der Waals surface area contributed by atoms with Crippen LogP contribution in [0.15, 0.2) is 0 Å². The highest BCUT2D eigenvalue weighted by Crippen LogP contribution is 2.32. The van der Waals surface area contributed by atoms with E-state index in [-0.39, 0.29) is 6.03 Å². The number of aryl methyl sites for hydroxylation is 2. The average Bonchev–Trinajstić information content (AvgIpc) is 3.02. The van der Waals surface area contributed by atoms with Crippen LogP contribution in [0.4, 0.5) is 9.93 Å². The van der Waals surface area contributed by atoms with Gasteiger partial charge in [0.1, 0.15) is 5.54 Å². The number of thiazole rings is 1. The second kappa shape index (κ2) is 5.29. The molecule has 2 heterocycles. The van der Waals surface area contributed by atoms with Crippen LogP contribution in [0.3, 0.4) is 0 Å². The lowest BCUT2D eigenvalue weighted by molar-refractivity contribution is -0.146. The van der Waals surface area contributed by atoms with Crippen LogP contribution in [0.1, 0.15) is 43.2 Å². The van der Waals surface area contributed by atoms with E-state index in [1.54, 1.807) is 6.92 Å². The van der Waals surface area contributed by atoms with E-state index in [9.17, 15) is 14.7 Å². The first-order chi connectivity index (χ1) is 10.0. The number of likely N-dealkylation sites (tertiary alicyclic amines) is 1. The number of aliphatic carboxylic acids is 1. The largest absolute Gasteiger partial charge is 0.480 e. The predicted octanol–water partition coefficient (Wildman–Crippen LogP) is 2.49. The van der Waals surface area contributed by atoms with Crippen LogP contribution in [0.25, 0.3) is 0 Å². The van der Waals surface area contributed by atoms with E-state index in [1.807, 2.05) is 0 Å². The van der Waals surface area contributed by atoms with Gasteiger partial charge < -0.3 is 10.0 Å². The predicted molar refractivity (Wildman–Crippen MR) is 79.8 cm³/mol. The number of hydrogen-bond donors (Lipinski definition) is 2. The van der Waals surface area contributed by atoms with Crippen molar-refractivity contribution < 1.29 is 14.7 Å². The maximum atomic E-state index is 12.4. The molecule has 0 saturated carbocycles. The van der Waals surface area contributed by atoms with Crippen molar-refractivity contribution in [3.63, 3.8) is 0 Å². The molecule has 114 valence electrons. The molecule has 2 aliphatic rings. The summed E-state index contributed by atoms with van der Waals surface area (Å²) in [5.74, 6) is -0.950. The van der Waals surface area contributed by atoms with Gasteiger partial charge in [-0.15, -0.1) is 11.3 Å². The summed E-state index contributed by atoms with van der Waals surface area (Å²) in [4.78, 5) is 30.9. The number of carboxylic acids is 1. The molecule has 1 aliphatic carbocycles. The van der Waals surface area contributed by atoms with Gasteiger partial charge in [0, 0.05) is 11.4 Å². The molecule has 1 fully saturated rings. The molecule has 2 N–H and O–H groups in total. The number of anilines is 1. The molecular formula is C14H19N3O3S. The van der Waals surface area contributed by atoms with E-state index < -0.39 is 11.5 Å². The van der Waals surface area contributed by atoms with Gasteiger partial charge in [0.25, 0.3) is 0 Å². The molecule has 0 aromatic carbocycles. The van der Waals surface area contributed by atoms with Gasteiger partial charge in [0.2, 0.25) is 0 Å². The van der Waals surface area contributed by atoms with Gasteiger partial charge in [-0.05, 0) is 45.4 Å². The summed E-state index contributed by atoms with van der Waals surface area (Å²) in [7, 11) is 0. The van der Waals surface area contributed by atoms with Gasteiger partial charge in [-0.25, -0.2) is 14.6 Å². The number of nitrogens with zero attached hydrogens (tertiary/aromatic N) is 2. The molecule has 0 radical (unpaired) electrons. The van der Waals surface area contributed by atoms with Gasteiger partial charge in [0.15, 0.2) is 5.13 Å². The standard InChI is InChI=1S/C14H19N3O3S/c1-14(11(18)19)7-4-8-17(14)13(20)16-12-15-9-5-2-3-6-10(9)21-12/h2-8H2,1H3,(H,18,19)(H,15,16,20). The van der Waals surface area contributed by atoms with Crippen LogP contribution < -0.4 is 5.32 Å². The fourth-order valence-electron chi connectivity index (χ4n) is 3.08. The molecule has 1 aromatic heterocycles. The van der Waals surface area contributed by atoms with Gasteiger partial charge in [0.05, 0.1) is 5.69 Å². The van der Waals surface area contributed by atoms with Crippen LogP contribution in [0.5, 0.6) is 0 Å². The van der Waals surface area contributed by atoms with Crippen molar-refractivity contribution in [3.05, 3.63) is 10.6 Å². The molecular weight excluding hydrogens is 290 g/mol. The first kappa shape index (κ1) is 14.3. The number of rotatable bonds is 2. The summed E-state index contributed by atoms with van der Waals surface area (Å²) in [6, 6.07) is -0.358. The minimum atomic E-state index is -1.11. The normalized spacial score (nSPS) is 24.7. The maximum absolute atomic E-state index is 12.4. The minimum absolute atomic E-state index is 0.358. The number of hydrogen-bond acceptors (Lipinski definition) is 4. The molecule has 7 heteroatoms. The lowest BCUT2D eigenvalue weighted by Crippen LogP contribution is -2.52. The van der Waals surface area contributed by atoms with Crippen molar-refractivity contribution in [2.75, 3.05) is 11.9 Å². The first-order valence-electron chi connectivity index (χ1n) is 7.31. The number of carbonyl (C=O) groups excluding carboxylic acids is 1. The SMILES string of the molecule is CC1(C(=O)O)CCCN1C(=O)Nc1nc2c(s1)CCCC2. The number of carbonyl (C=O) groups is 2. The molecule has 0 spiro atoms. The lowest BCUT2D eigenvalue weighted by Gasteiger charge is -2.30. The molecule has 21 heavy (non-hydrogen) atoms. The molecule has 3 rings (SSSR count). The summed E-state index contributed by atoms with van der Waals surface area (Å²) in [5, 5.41) is 12.7. The van der Waals surface area contributed by atoms with E-state index in [2.05, 4.69) is 10.3 Å². The van der Waals surface area contributed by atoms with Crippen molar-refractivity contribution in [2.45, 2.75) is 51.0 Å². The third-order valence-corrected chi connectivity index (χ3v) is 5.48. The minimum Gasteiger partial charge on any atom is -0.480 e. The Kier molecular flexibility index (Phi) is 3.61. The quantitative estimate of drug-likeness (QED) is 0.879. The van der Waals surface area contributed by atoms with Crippen molar-refractivity contribution in [3.8, 4) is 0 Å². The average molecular weight is 309 g/mol. The number of nitrogens with one attached hydrogen (secondary N) is 1. The Morgan fingerprint density at radius 1 is 1.33 bits per heavy atom. The van der Waals surface area contributed by atoms with E-state index in [0.29, 0.717) is 24.5 Å². The maximum Gasteiger partial charge on any atom is 0.329 e. The van der Waals surface area contributed by atoms with Crippen molar-refractivity contribution >= 4 is 28.5 Å². The number of fused-ring (bicyclic) bond motifs is 1. The smallest absolute Gasteiger partial charge is 0.329 e. The summed E-state index contributed by atoms with van der Waals surface area (Å²) in [6.45, 7) is 2.08. The second-order valence-electron chi connectivity index (χ2n) is 5.86. The Morgan fingerprint density at radius 2 is 2.10 bits per heavy atom. The van der Waals surface area contributed by atoms with Gasteiger partial charge in [-0.2, -0.15) is 0 Å². The molecule has 6 nitrogen and oxygen atoms in total. The Morgan fingerprint density at radius 3 is 2.81 bits per heavy atom. The summed E-state index contributed by atoms with van der Waals surface area (Å²) in [5.41, 5.74) is -0.0232. The van der Waals surface area contributed by atoms with E-state index in [1.165, 1.54) is 27.5 Å². The highest BCUT2D eigenvalue weighted by atomic mass is 32.1. The fraction of sp³-hybridized carbons (Fsp3) is 0.643. The van der Waals surface area contributed by atoms with Crippen molar-refractivity contribution in [1.29, 1.82) is 0 Å². The van der Waals surface area contributed by atoms with Crippen LogP contribution in [0, 0.1) is 0 Å². The molecule has 2 amide bonds. The zero-order chi connectivity index (χ0) is 15.0. The summed E-state index contributed by atoms with van der Waals surface area (Å²) >= 11 is 1.51. The Bertz CT molecular complexity index is 563. The summed E-state index contributed by atoms with van der Waals surface area (Å²) in [6.07, 6.45) is 5.52. The number of amides is 2. The number of urea groups is 1. The van der Waals surface area contributed by atoms with Gasteiger partial charge in [-0.3, -0.25) is 5.32 Å². The molecule has 1 saturated heterocycles. The van der Waals surface area contributed by atoms with Crippen LogP contribution in [-0.4, -0.2) is 39.1 Å². The second-order valence-corrected chi connectivity index (χ2v) is 6.94. The number of aromatic nitrogens is 1. The molecule has 1 aliphatic heterocycles. The third kappa shape index (κ3) is 2.50. The third-order valence-electron chi connectivity index (χ3n) is 4.41. The molecule has 1 atom stereocenters. The zero-order valence-electron chi connectivity index (χ0n) is 12.0. The van der Waals surface area contributed by atoms with Gasteiger partial charge in [-0.1, -0.05) is 0 Å². The van der Waals surface area contributed by atoms with Crippen LogP contribution >= 0.6 is 11.3 Å². The fourth-order valence-corrected chi connectivity index (χ4v) is 4.12. The molecule has 1 aromatic rings. The number of carboxylic acid groups (broad SMARTS) is 1. The van der Waals surface area contributed by atoms with Crippen molar-refractivity contribution in [1.82, 2.24) is 9.88 Å². The first-order valence-corrected chi connectivity index (χ1v) is 8.13. The highest BCUT2D eigenvalue weighted by Gasteiger charge is 2.46.